The molecule has 0 saturated carbocycles. The van der Waals surface area contributed by atoms with Crippen LogP contribution in [-0.2, 0) is 4.79 Å². The minimum Gasteiger partial charge on any atom is -0.508 e. The van der Waals surface area contributed by atoms with E-state index < -0.39 is 0 Å². The number of ketones is 1. The third kappa shape index (κ3) is 2.99. The molecule has 4 heteroatoms. The molecule has 0 radical (unpaired) electrons. The smallest absolute Gasteiger partial charge is 0.162 e. The third-order valence-electron chi connectivity index (χ3n) is 6.68. The zero-order chi connectivity index (χ0) is 21.7. The van der Waals surface area contributed by atoms with E-state index in [-0.39, 0.29) is 23.4 Å². The minimum atomic E-state index is -0.220. The second kappa shape index (κ2) is 7.34. The zero-order valence-corrected chi connectivity index (χ0v) is 17.5. The lowest BCUT2D eigenvalue weighted by molar-refractivity contribution is -0.116. The summed E-state index contributed by atoms with van der Waals surface area (Å²) < 4.78 is 0. The fourth-order valence-electron chi connectivity index (χ4n) is 5.25. The minimum absolute atomic E-state index is 0.148. The summed E-state index contributed by atoms with van der Waals surface area (Å²) >= 11 is 0. The van der Waals surface area contributed by atoms with Crippen LogP contribution in [0.1, 0.15) is 41.4 Å². The summed E-state index contributed by atoms with van der Waals surface area (Å²) in [5.41, 5.74) is 6.87. The summed E-state index contributed by atoms with van der Waals surface area (Å²) in [6.07, 6.45) is 3.06. The van der Waals surface area contributed by atoms with Gasteiger partial charge in [-0.1, -0.05) is 48.5 Å². The highest BCUT2D eigenvalue weighted by molar-refractivity contribution is 6.04. The van der Waals surface area contributed by atoms with Crippen molar-refractivity contribution in [3.05, 3.63) is 113 Å². The lowest BCUT2D eigenvalue weighted by atomic mass is 9.71. The van der Waals surface area contributed by atoms with Gasteiger partial charge in [0.2, 0.25) is 0 Å². The van der Waals surface area contributed by atoms with E-state index in [0.717, 1.165) is 45.4 Å². The number of nitrogens with zero attached hydrogens (tertiary/aromatic N) is 1. The molecule has 4 nitrogen and oxygen atoms in total. The number of phenols is 1. The molecule has 0 amide bonds. The Morgan fingerprint density at radius 1 is 0.875 bits per heavy atom. The van der Waals surface area contributed by atoms with E-state index in [2.05, 4.69) is 34.6 Å². The Morgan fingerprint density at radius 2 is 1.72 bits per heavy atom. The molecule has 1 aliphatic carbocycles. The highest BCUT2D eigenvalue weighted by Gasteiger charge is 2.38. The number of anilines is 1. The van der Waals surface area contributed by atoms with Gasteiger partial charge in [-0.25, -0.2) is 0 Å². The first-order valence-corrected chi connectivity index (χ1v) is 10.9. The Labute approximate surface area is 186 Å². The van der Waals surface area contributed by atoms with E-state index in [1.807, 2.05) is 42.5 Å². The molecule has 0 bridgehead atoms. The van der Waals surface area contributed by atoms with Crippen molar-refractivity contribution in [1.29, 1.82) is 0 Å². The average Bonchev–Trinajstić information content (AvgIpc) is 2.83. The Hall–Kier alpha value is -3.92. The van der Waals surface area contributed by atoms with Crippen molar-refractivity contribution in [3.63, 3.8) is 0 Å². The SMILES string of the molecule is O=C1C[C@@H](c2ccccc2)CC2=C1[C@@H](c1cccc(O)c1)c1ccc3ncccc3c1N2. The predicted octanol–water partition coefficient (Wildman–Crippen LogP) is 5.90. The summed E-state index contributed by atoms with van der Waals surface area (Å²) in [6, 6.07) is 25.6. The second-order valence-electron chi connectivity index (χ2n) is 8.58. The summed E-state index contributed by atoms with van der Waals surface area (Å²) in [6.45, 7) is 0. The molecule has 2 aliphatic rings. The van der Waals surface area contributed by atoms with Crippen molar-refractivity contribution >= 4 is 22.4 Å². The fourth-order valence-corrected chi connectivity index (χ4v) is 5.25. The van der Waals surface area contributed by atoms with Crippen molar-refractivity contribution in [1.82, 2.24) is 4.98 Å². The zero-order valence-electron chi connectivity index (χ0n) is 17.5. The lowest BCUT2D eigenvalue weighted by Gasteiger charge is -2.37. The number of nitrogens with one attached hydrogen (secondary N) is 1. The molecular weight excluding hydrogens is 396 g/mol. The molecule has 0 unspecified atom stereocenters. The van der Waals surface area contributed by atoms with Crippen molar-refractivity contribution in [2.75, 3.05) is 5.32 Å². The molecule has 1 aromatic heterocycles. The number of Topliss-reactive ketones (excluding diaryl/α,β-unsaturated/α-hetero) is 1. The Balaban J connectivity index is 1.56. The number of carbonyl (C=O) groups excluding carboxylic acids is 1. The number of hydrogen-bond acceptors (Lipinski definition) is 4. The van der Waals surface area contributed by atoms with E-state index in [1.165, 1.54) is 5.56 Å². The largest absolute Gasteiger partial charge is 0.508 e. The first kappa shape index (κ1) is 18.8. The molecule has 2 N–H and O–H groups in total. The number of hydrogen-bond donors (Lipinski definition) is 2. The van der Waals surface area contributed by atoms with Gasteiger partial charge in [0.1, 0.15) is 5.75 Å². The second-order valence-corrected chi connectivity index (χ2v) is 8.58. The van der Waals surface area contributed by atoms with Crippen LogP contribution in [-0.4, -0.2) is 15.9 Å². The van der Waals surface area contributed by atoms with E-state index in [1.54, 1.807) is 18.3 Å². The molecule has 0 saturated heterocycles. The van der Waals surface area contributed by atoms with Gasteiger partial charge in [-0.2, -0.15) is 0 Å². The van der Waals surface area contributed by atoms with Gasteiger partial charge in [-0.15, -0.1) is 0 Å². The standard InChI is InChI=1S/C28H22N2O2/c31-20-9-4-8-18(14-20)26-22-11-12-23-21(10-5-13-29-23)28(22)30-24-15-19(16-25(32)27(24)26)17-6-2-1-3-7-17/h1-14,19,26,30-31H,15-16H2/t19-,26-/m0/s1. The molecule has 0 fully saturated rings. The van der Waals surface area contributed by atoms with E-state index in [0.29, 0.717) is 6.42 Å². The van der Waals surface area contributed by atoms with Gasteiger partial charge in [0.25, 0.3) is 0 Å². The van der Waals surface area contributed by atoms with Crippen molar-refractivity contribution in [2.24, 2.45) is 0 Å². The number of benzene rings is 3. The van der Waals surface area contributed by atoms with Crippen molar-refractivity contribution in [2.45, 2.75) is 24.7 Å². The van der Waals surface area contributed by atoms with Gasteiger partial charge in [-0.05, 0) is 59.4 Å². The van der Waals surface area contributed by atoms with Crippen LogP contribution >= 0.6 is 0 Å². The summed E-state index contributed by atoms with van der Waals surface area (Å²) in [7, 11) is 0. The quantitative estimate of drug-likeness (QED) is 0.426. The fraction of sp³-hybridized carbons (Fsp3) is 0.143. The average molecular weight is 418 g/mol. The molecular formula is C28H22N2O2. The normalized spacial score (nSPS) is 19.9. The number of fused-ring (bicyclic) bond motifs is 3. The Kier molecular flexibility index (Phi) is 4.32. The number of aromatic nitrogens is 1. The van der Waals surface area contributed by atoms with E-state index in [4.69, 9.17) is 0 Å². The van der Waals surface area contributed by atoms with Crippen LogP contribution in [0.3, 0.4) is 0 Å². The molecule has 6 rings (SSSR count). The maximum Gasteiger partial charge on any atom is 0.162 e. The maximum absolute atomic E-state index is 13.6. The summed E-state index contributed by atoms with van der Waals surface area (Å²) in [5.74, 6) is 0.298. The number of aromatic hydroxyl groups is 1. The predicted molar refractivity (Wildman–Crippen MR) is 126 cm³/mol. The van der Waals surface area contributed by atoms with Crippen LogP contribution in [0.15, 0.2) is 96.3 Å². The summed E-state index contributed by atoms with van der Waals surface area (Å²) in [5, 5.41) is 14.9. The van der Waals surface area contributed by atoms with Crippen LogP contribution in [0.5, 0.6) is 5.75 Å². The van der Waals surface area contributed by atoms with Crippen LogP contribution in [0.25, 0.3) is 10.9 Å². The molecule has 2 atom stereocenters. The summed E-state index contributed by atoms with van der Waals surface area (Å²) in [4.78, 5) is 18.1. The van der Waals surface area contributed by atoms with Crippen molar-refractivity contribution < 1.29 is 9.90 Å². The third-order valence-corrected chi connectivity index (χ3v) is 6.68. The molecule has 156 valence electrons. The van der Waals surface area contributed by atoms with Gasteiger partial charge in [0.15, 0.2) is 5.78 Å². The molecule has 0 spiro atoms. The molecule has 32 heavy (non-hydrogen) atoms. The van der Waals surface area contributed by atoms with Crippen LogP contribution in [0, 0.1) is 0 Å². The number of pyridine rings is 1. The highest BCUT2D eigenvalue weighted by atomic mass is 16.3. The molecule has 3 aromatic carbocycles. The van der Waals surface area contributed by atoms with Gasteiger partial charge in [0, 0.05) is 35.2 Å². The number of allylic oxidation sites excluding steroid dienone is 2. The van der Waals surface area contributed by atoms with Crippen LogP contribution < -0.4 is 5.32 Å². The van der Waals surface area contributed by atoms with Crippen molar-refractivity contribution in [3.8, 4) is 5.75 Å². The van der Waals surface area contributed by atoms with Gasteiger partial charge >= 0.3 is 0 Å². The Bertz CT molecular complexity index is 1390. The van der Waals surface area contributed by atoms with Gasteiger partial charge in [-0.3, -0.25) is 9.78 Å². The number of carbonyl (C=O) groups is 1. The first-order valence-electron chi connectivity index (χ1n) is 10.9. The van der Waals surface area contributed by atoms with Crippen LogP contribution in [0.2, 0.25) is 0 Å². The highest BCUT2D eigenvalue weighted by Crippen LogP contribution is 2.49. The van der Waals surface area contributed by atoms with Gasteiger partial charge < -0.3 is 10.4 Å². The molecule has 4 aromatic rings. The molecule has 2 heterocycles. The van der Waals surface area contributed by atoms with Gasteiger partial charge in [0.05, 0.1) is 11.2 Å². The van der Waals surface area contributed by atoms with E-state index in [9.17, 15) is 9.90 Å². The number of rotatable bonds is 2. The first-order chi connectivity index (χ1) is 15.7. The maximum atomic E-state index is 13.6. The molecule has 1 aliphatic heterocycles. The topological polar surface area (TPSA) is 62.2 Å². The monoisotopic (exact) mass is 418 g/mol. The Morgan fingerprint density at radius 3 is 2.56 bits per heavy atom. The number of phenolic OH excluding ortho intramolecular Hbond substituents is 1. The van der Waals surface area contributed by atoms with Crippen LogP contribution in [0.4, 0.5) is 5.69 Å². The lowest BCUT2D eigenvalue weighted by Crippen LogP contribution is -2.29. The van der Waals surface area contributed by atoms with E-state index >= 15 is 0 Å².